The van der Waals surface area contributed by atoms with Gasteiger partial charge in [-0.25, -0.2) is 4.79 Å². The summed E-state index contributed by atoms with van der Waals surface area (Å²) in [5, 5.41) is 8.77. The molecule has 1 aromatic carbocycles. The van der Waals surface area contributed by atoms with E-state index in [0.29, 0.717) is 0 Å². The first-order valence-electron chi connectivity index (χ1n) is 4.13. The highest BCUT2D eigenvalue weighted by Crippen LogP contribution is 2.16. The van der Waals surface area contributed by atoms with Gasteiger partial charge in [0, 0.05) is 0 Å². The SMILES string of the molecule is NCC(=O)NOc1ccccc1C(=O)O. The topological polar surface area (TPSA) is 102 Å². The largest absolute Gasteiger partial charge is 0.478 e. The standard InChI is InChI=1S/C9H10N2O4/c10-5-8(12)11-15-7-4-2-1-3-6(7)9(13)14/h1-4H,5,10H2,(H,11,12)(H,13,14). The summed E-state index contributed by atoms with van der Waals surface area (Å²) in [4.78, 5) is 26.3. The number of carbonyl (C=O) groups excluding carboxylic acids is 1. The molecule has 4 N–H and O–H groups in total. The third-order valence-electron chi connectivity index (χ3n) is 1.58. The first-order chi connectivity index (χ1) is 7.15. The molecule has 0 bridgehead atoms. The number of benzene rings is 1. The first kappa shape index (κ1) is 11.0. The molecule has 1 aromatic rings. The van der Waals surface area contributed by atoms with Crippen LogP contribution in [-0.2, 0) is 4.79 Å². The number of hydrogen-bond donors (Lipinski definition) is 3. The normalized spacial score (nSPS) is 9.40. The van der Waals surface area contributed by atoms with E-state index in [1.165, 1.54) is 12.1 Å². The minimum absolute atomic E-state index is 0.0326. The van der Waals surface area contributed by atoms with Gasteiger partial charge in [-0.05, 0) is 12.1 Å². The van der Waals surface area contributed by atoms with Crippen molar-refractivity contribution in [1.82, 2.24) is 5.48 Å². The summed E-state index contributed by atoms with van der Waals surface area (Å²) in [5.41, 5.74) is 7.01. The Labute approximate surface area is 85.6 Å². The van der Waals surface area contributed by atoms with Crippen molar-refractivity contribution in [2.24, 2.45) is 5.73 Å². The molecule has 0 unspecified atom stereocenters. The summed E-state index contributed by atoms with van der Waals surface area (Å²) in [6.45, 7) is -0.227. The number of nitrogens with one attached hydrogen (secondary N) is 1. The molecule has 0 fully saturated rings. The van der Waals surface area contributed by atoms with Gasteiger partial charge < -0.3 is 15.7 Å². The Balaban J connectivity index is 2.76. The molecule has 80 valence electrons. The van der Waals surface area contributed by atoms with E-state index in [9.17, 15) is 9.59 Å². The van der Waals surface area contributed by atoms with Gasteiger partial charge in [0.15, 0.2) is 5.75 Å². The fourth-order valence-corrected chi connectivity index (χ4v) is 0.886. The van der Waals surface area contributed by atoms with Gasteiger partial charge >= 0.3 is 5.97 Å². The highest BCUT2D eigenvalue weighted by atomic mass is 16.7. The molecular weight excluding hydrogens is 200 g/mol. The number of carbonyl (C=O) groups is 2. The van der Waals surface area contributed by atoms with Crippen LogP contribution in [0.15, 0.2) is 24.3 Å². The molecule has 0 spiro atoms. The van der Waals surface area contributed by atoms with Crippen LogP contribution >= 0.6 is 0 Å². The van der Waals surface area contributed by atoms with Gasteiger partial charge in [-0.1, -0.05) is 12.1 Å². The molecule has 0 heterocycles. The van der Waals surface area contributed by atoms with Crippen LogP contribution in [-0.4, -0.2) is 23.5 Å². The van der Waals surface area contributed by atoms with Gasteiger partial charge in [0.05, 0.1) is 6.54 Å². The zero-order valence-electron chi connectivity index (χ0n) is 7.77. The molecule has 0 saturated carbocycles. The zero-order chi connectivity index (χ0) is 11.3. The van der Waals surface area contributed by atoms with E-state index >= 15 is 0 Å². The number of rotatable bonds is 4. The number of carboxylic acids is 1. The second-order valence-electron chi connectivity index (χ2n) is 2.63. The van der Waals surface area contributed by atoms with Gasteiger partial charge in [-0.15, -0.1) is 0 Å². The summed E-state index contributed by atoms with van der Waals surface area (Å²) in [7, 11) is 0. The van der Waals surface area contributed by atoms with Crippen molar-refractivity contribution in [3.8, 4) is 5.75 Å². The smallest absolute Gasteiger partial charge is 0.339 e. The van der Waals surface area contributed by atoms with Crippen LogP contribution in [0.2, 0.25) is 0 Å². The van der Waals surface area contributed by atoms with Crippen molar-refractivity contribution in [3.05, 3.63) is 29.8 Å². The number of hydrogen-bond acceptors (Lipinski definition) is 4. The summed E-state index contributed by atoms with van der Waals surface area (Å²) in [5.74, 6) is -1.60. The predicted molar refractivity (Wildman–Crippen MR) is 51.2 cm³/mol. The Hall–Kier alpha value is -2.08. The maximum Gasteiger partial charge on any atom is 0.339 e. The van der Waals surface area contributed by atoms with Gasteiger partial charge in [0.1, 0.15) is 5.56 Å². The van der Waals surface area contributed by atoms with Crippen molar-refractivity contribution in [3.63, 3.8) is 0 Å². The molecule has 0 atom stereocenters. The van der Waals surface area contributed by atoms with Crippen molar-refractivity contribution >= 4 is 11.9 Å². The summed E-state index contributed by atoms with van der Waals surface area (Å²) < 4.78 is 0. The fraction of sp³-hybridized carbons (Fsp3) is 0.111. The predicted octanol–water partition coefficient (Wildman–Crippen LogP) is -0.247. The Morgan fingerprint density at radius 2 is 2.07 bits per heavy atom. The van der Waals surface area contributed by atoms with Crippen molar-refractivity contribution in [1.29, 1.82) is 0 Å². The molecule has 0 aliphatic carbocycles. The summed E-state index contributed by atoms with van der Waals surface area (Å²) >= 11 is 0. The maximum absolute atomic E-state index is 10.8. The van der Waals surface area contributed by atoms with E-state index in [1.807, 2.05) is 5.48 Å². The third kappa shape index (κ3) is 2.96. The number of nitrogens with two attached hydrogens (primary N) is 1. The monoisotopic (exact) mass is 210 g/mol. The lowest BCUT2D eigenvalue weighted by molar-refractivity contribution is -0.126. The number of amides is 1. The molecule has 6 nitrogen and oxygen atoms in total. The molecule has 0 aliphatic heterocycles. The van der Waals surface area contributed by atoms with Gasteiger partial charge in [0.2, 0.25) is 0 Å². The van der Waals surface area contributed by atoms with E-state index < -0.39 is 11.9 Å². The number of hydroxylamine groups is 1. The summed E-state index contributed by atoms with van der Waals surface area (Å²) in [6, 6.07) is 5.95. The molecular formula is C9H10N2O4. The third-order valence-corrected chi connectivity index (χ3v) is 1.58. The van der Waals surface area contributed by atoms with Crippen LogP contribution in [0.3, 0.4) is 0 Å². The highest BCUT2D eigenvalue weighted by molar-refractivity contribution is 5.90. The Bertz CT molecular complexity index is 378. The lowest BCUT2D eigenvalue weighted by Gasteiger charge is -2.07. The fourth-order valence-electron chi connectivity index (χ4n) is 0.886. The quantitative estimate of drug-likeness (QED) is 0.595. The van der Waals surface area contributed by atoms with Crippen LogP contribution < -0.4 is 16.1 Å². The molecule has 0 aromatic heterocycles. The zero-order valence-corrected chi connectivity index (χ0v) is 7.77. The molecule has 15 heavy (non-hydrogen) atoms. The average Bonchev–Trinajstić information content (AvgIpc) is 2.26. The van der Waals surface area contributed by atoms with Crippen LogP contribution in [0.25, 0.3) is 0 Å². The second-order valence-corrected chi connectivity index (χ2v) is 2.63. The van der Waals surface area contributed by atoms with E-state index in [-0.39, 0.29) is 17.9 Å². The van der Waals surface area contributed by atoms with Crippen molar-refractivity contribution in [2.45, 2.75) is 0 Å². The lowest BCUT2D eigenvalue weighted by Crippen LogP contribution is -2.33. The van der Waals surface area contributed by atoms with E-state index in [0.717, 1.165) is 0 Å². The number of aromatic carboxylic acids is 1. The molecule has 0 saturated heterocycles. The minimum atomic E-state index is -1.13. The van der Waals surface area contributed by atoms with Gasteiger partial charge in [-0.2, -0.15) is 5.48 Å². The molecule has 6 heteroatoms. The van der Waals surface area contributed by atoms with Crippen LogP contribution in [0.5, 0.6) is 5.75 Å². The van der Waals surface area contributed by atoms with Crippen molar-refractivity contribution < 1.29 is 19.5 Å². The Morgan fingerprint density at radius 3 is 2.67 bits per heavy atom. The maximum atomic E-state index is 10.8. The number of para-hydroxylation sites is 1. The van der Waals surface area contributed by atoms with E-state index in [4.69, 9.17) is 15.7 Å². The minimum Gasteiger partial charge on any atom is -0.478 e. The van der Waals surface area contributed by atoms with E-state index in [2.05, 4.69) is 0 Å². The molecule has 1 rings (SSSR count). The molecule has 0 aliphatic rings. The Kier molecular flexibility index (Phi) is 3.64. The van der Waals surface area contributed by atoms with Crippen LogP contribution in [0, 0.1) is 0 Å². The molecule has 1 amide bonds. The van der Waals surface area contributed by atoms with Gasteiger partial charge in [0.25, 0.3) is 5.91 Å². The van der Waals surface area contributed by atoms with E-state index in [1.54, 1.807) is 12.1 Å². The van der Waals surface area contributed by atoms with Crippen LogP contribution in [0.4, 0.5) is 0 Å². The van der Waals surface area contributed by atoms with Gasteiger partial charge in [-0.3, -0.25) is 4.79 Å². The van der Waals surface area contributed by atoms with Crippen LogP contribution in [0.1, 0.15) is 10.4 Å². The summed E-state index contributed by atoms with van der Waals surface area (Å²) in [6.07, 6.45) is 0. The number of carboxylic acid groups (broad SMARTS) is 1. The highest BCUT2D eigenvalue weighted by Gasteiger charge is 2.10. The lowest BCUT2D eigenvalue weighted by atomic mass is 10.2. The average molecular weight is 210 g/mol. The first-order valence-corrected chi connectivity index (χ1v) is 4.13. The molecule has 0 radical (unpaired) electrons. The second kappa shape index (κ2) is 4.97. The van der Waals surface area contributed by atoms with Crippen molar-refractivity contribution in [2.75, 3.05) is 6.54 Å². The Morgan fingerprint density at radius 1 is 1.40 bits per heavy atom.